The first-order chi connectivity index (χ1) is 13.6. The number of pyridine rings is 1. The number of rotatable bonds is 4. The van der Waals surface area contributed by atoms with Crippen molar-refractivity contribution >= 4 is 10.9 Å². The lowest BCUT2D eigenvalue weighted by Crippen LogP contribution is -2.24. The standard InChI is InChI=1S/C23H17F2NO2/c1-28-22-21(15-10-12-17(24)13-11-15)18-7-3-5-9-20(18)26(23(22)27)14-16-6-2-4-8-19(16)25/h2-13H,14H2,1H3. The van der Waals surface area contributed by atoms with Gasteiger partial charge in [0.2, 0.25) is 0 Å². The number of hydrogen-bond acceptors (Lipinski definition) is 2. The molecule has 140 valence electrons. The molecule has 3 nitrogen and oxygen atoms in total. The van der Waals surface area contributed by atoms with Crippen molar-refractivity contribution in [2.45, 2.75) is 6.54 Å². The Morgan fingerprint density at radius 3 is 2.29 bits per heavy atom. The van der Waals surface area contributed by atoms with Crippen molar-refractivity contribution in [1.29, 1.82) is 0 Å². The molecule has 4 rings (SSSR count). The summed E-state index contributed by atoms with van der Waals surface area (Å²) in [6.45, 7) is 0.0755. The Morgan fingerprint density at radius 1 is 0.893 bits per heavy atom. The molecule has 0 fully saturated rings. The molecule has 3 aromatic carbocycles. The molecule has 1 aromatic heterocycles. The zero-order valence-corrected chi connectivity index (χ0v) is 15.2. The van der Waals surface area contributed by atoms with Gasteiger partial charge in [-0.2, -0.15) is 0 Å². The van der Waals surface area contributed by atoms with Crippen molar-refractivity contribution < 1.29 is 13.5 Å². The number of methoxy groups -OCH3 is 1. The molecule has 4 aromatic rings. The summed E-state index contributed by atoms with van der Waals surface area (Å²) in [5.41, 5.74) is 1.95. The molecule has 0 saturated carbocycles. The van der Waals surface area contributed by atoms with Crippen molar-refractivity contribution in [1.82, 2.24) is 4.57 Å². The molecule has 5 heteroatoms. The second kappa shape index (κ2) is 7.27. The van der Waals surface area contributed by atoms with Gasteiger partial charge in [-0.05, 0) is 29.8 Å². The van der Waals surface area contributed by atoms with Crippen LogP contribution in [0.5, 0.6) is 5.75 Å². The highest BCUT2D eigenvalue weighted by Crippen LogP contribution is 2.34. The van der Waals surface area contributed by atoms with Crippen molar-refractivity contribution in [2.24, 2.45) is 0 Å². The Balaban J connectivity index is 2.02. The molecule has 0 aliphatic heterocycles. The molecule has 0 radical (unpaired) electrons. The molecule has 0 saturated heterocycles. The van der Waals surface area contributed by atoms with Crippen LogP contribution in [0.3, 0.4) is 0 Å². The van der Waals surface area contributed by atoms with Gasteiger partial charge >= 0.3 is 0 Å². The zero-order valence-electron chi connectivity index (χ0n) is 15.2. The van der Waals surface area contributed by atoms with Gasteiger partial charge in [0.15, 0.2) is 5.75 Å². The summed E-state index contributed by atoms with van der Waals surface area (Å²) in [6.07, 6.45) is 0. The minimum atomic E-state index is -0.375. The summed E-state index contributed by atoms with van der Waals surface area (Å²) in [4.78, 5) is 13.2. The van der Waals surface area contributed by atoms with Gasteiger partial charge in [-0.1, -0.05) is 48.5 Å². The fourth-order valence-corrected chi connectivity index (χ4v) is 3.43. The summed E-state index contributed by atoms with van der Waals surface area (Å²) >= 11 is 0. The van der Waals surface area contributed by atoms with E-state index in [9.17, 15) is 13.6 Å². The average molecular weight is 377 g/mol. The first-order valence-electron chi connectivity index (χ1n) is 8.79. The Bertz CT molecular complexity index is 1210. The van der Waals surface area contributed by atoms with Gasteiger partial charge in [-0.15, -0.1) is 0 Å². The molecule has 0 spiro atoms. The van der Waals surface area contributed by atoms with E-state index in [-0.39, 0.29) is 29.5 Å². The summed E-state index contributed by atoms with van der Waals surface area (Å²) in [5, 5.41) is 0.766. The number of benzene rings is 3. The summed E-state index contributed by atoms with van der Waals surface area (Å²) in [5.74, 6) is -0.596. The average Bonchev–Trinajstić information content (AvgIpc) is 2.72. The number of ether oxygens (including phenoxy) is 1. The second-order valence-corrected chi connectivity index (χ2v) is 6.41. The van der Waals surface area contributed by atoms with Crippen LogP contribution in [0.15, 0.2) is 77.6 Å². The van der Waals surface area contributed by atoms with Crippen LogP contribution >= 0.6 is 0 Å². The maximum absolute atomic E-state index is 14.2. The molecule has 28 heavy (non-hydrogen) atoms. The third-order valence-corrected chi connectivity index (χ3v) is 4.75. The molecule has 0 aliphatic carbocycles. The zero-order chi connectivity index (χ0) is 19.7. The number of para-hydroxylation sites is 1. The molecule has 0 atom stereocenters. The van der Waals surface area contributed by atoms with Crippen molar-refractivity contribution in [3.8, 4) is 16.9 Å². The molecular formula is C23H17F2NO2. The predicted octanol–water partition coefficient (Wildman–Crippen LogP) is 5.00. The Kier molecular flexibility index (Phi) is 4.65. The topological polar surface area (TPSA) is 31.2 Å². The van der Waals surface area contributed by atoms with E-state index in [1.807, 2.05) is 24.3 Å². The van der Waals surface area contributed by atoms with Crippen molar-refractivity contribution in [2.75, 3.05) is 7.11 Å². The number of fused-ring (bicyclic) bond motifs is 1. The van der Waals surface area contributed by atoms with E-state index in [0.29, 0.717) is 22.2 Å². The van der Waals surface area contributed by atoms with Gasteiger partial charge in [-0.3, -0.25) is 4.79 Å². The fraction of sp³-hybridized carbons (Fsp3) is 0.0870. The van der Waals surface area contributed by atoms with Crippen LogP contribution in [0.25, 0.3) is 22.0 Å². The Labute approximate surface area is 160 Å². The molecule has 0 amide bonds. The van der Waals surface area contributed by atoms with Crippen LogP contribution in [0.4, 0.5) is 8.78 Å². The first-order valence-corrected chi connectivity index (χ1v) is 8.79. The second-order valence-electron chi connectivity index (χ2n) is 6.41. The third kappa shape index (κ3) is 3.05. The van der Waals surface area contributed by atoms with Crippen molar-refractivity contribution in [3.05, 3.63) is 100 Å². The maximum Gasteiger partial charge on any atom is 0.294 e. The van der Waals surface area contributed by atoms with Gasteiger partial charge in [0.25, 0.3) is 5.56 Å². The minimum Gasteiger partial charge on any atom is -0.491 e. The van der Waals surface area contributed by atoms with Gasteiger partial charge in [-0.25, -0.2) is 8.78 Å². The number of halogens is 2. The SMILES string of the molecule is COc1c(-c2ccc(F)cc2)c2ccccc2n(Cc2ccccc2F)c1=O. The minimum absolute atomic E-state index is 0.0755. The van der Waals surface area contributed by atoms with E-state index >= 15 is 0 Å². The molecule has 0 N–H and O–H groups in total. The van der Waals surface area contributed by atoms with Crippen LogP contribution in [0.2, 0.25) is 0 Å². The summed E-state index contributed by atoms with van der Waals surface area (Å²) < 4.78 is 34.5. The van der Waals surface area contributed by atoms with E-state index in [1.165, 1.54) is 29.9 Å². The van der Waals surface area contributed by atoms with E-state index in [1.54, 1.807) is 30.3 Å². The molecule has 0 aliphatic rings. The molecule has 0 unspecified atom stereocenters. The van der Waals surface area contributed by atoms with Crippen LogP contribution in [-0.4, -0.2) is 11.7 Å². The normalized spacial score (nSPS) is 11.0. The highest BCUT2D eigenvalue weighted by molar-refractivity contribution is 5.97. The number of hydrogen-bond donors (Lipinski definition) is 0. The van der Waals surface area contributed by atoms with Gasteiger partial charge in [0.1, 0.15) is 11.6 Å². The highest BCUT2D eigenvalue weighted by atomic mass is 19.1. The lowest BCUT2D eigenvalue weighted by molar-refractivity contribution is 0.407. The lowest BCUT2D eigenvalue weighted by atomic mass is 9.99. The molecule has 1 heterocycles. The largest absolute Gasteiger partial charge is 0.491 e. The van der Waals surface area contributed by atoms with E-state index in [0.717, 1.165) is 5.39 Å². The maximum atomic E-state index is 14.2. The number of aromatic nitrogens is 1. The highest BCUT2D eigenvalue weighted by Gasteiger charge is 2.19. The number of nitrogens with zero attached hydrogens (tertiary/aromatic N) is 1. The van der Waals surface area contributed by atoms with Gasteiger partial charge in [0, 0.05) is 16.5 Å². The van der Waals surface area contributed by atoms with Gasteiger partial charge in [0.05, 0.1) is 19.2 Å². The van der Waals surface area contributed by atoms with Crippen molar-refractivity contribution in [3.63, 3.8) is 0 Å². The third-order valence-electron chi connectivity index (χ3n) is 4.75. The van der Waals surface area contributed by atoms with Crippen LogP contribution in [0.1, 0.15) is 5.56 Å². The van der Waals surface area contributed by atoms with Gasteiger partial charge < -0.3 is 9.30 Å². The molecular weight excluding hydrogens is 360 g/mol. The van der Waals surface area contributed by atoms with E-state index in [2.05, 4.69) is 0 Å². The van der Waals surface area contributed by atoms with Crippen LogP contribution in [-0.2, 0) is 6.54 Å². The monoisotopic (exact) mass is 377 g/mol. The lowest BCUT2D eigenvalue weighted by Gasteiger charge is -2.17. The summed E-state index contributed by atoms with van der Waals surface area (Å²) in [7, 11) is 1.42. The fourth-order valence-electron chi connectivity index (χ4n) is 3.43. The Morgan fingerprint density at radius 2 is 1.57 bits per heavy atom. The summed E-state index contributed by atoms with van der Waals surface area (Å²) in [6, 6.07) is 19.6. The first kappa shape index (κ1) is 17.9. The van der Waals surface area contributed by atoms with Crippen LogP contribution in [0, 0.1) is 11.6 Å². The van der Waals surface area contributed by atoms with E-state index < -0.39 is 0 Å². The van der Waals surface area contributed by atoms with E-state index in [4.69, 9.17) is 4.74 Å². The van der Waals surface area contributed by atoms with Crippen LogP contribution < -0.4 is 10.3 Å². The Hall–Kier alpha value is -3.47. The quantitative estimate of drug-likeness (QED) is 0.501. The predicted molar refractivity (Wildman–Crippen MR) is 106 cm³/mol. The molecule has 0 bridgehead atoms. The smallest absolute Gasteiger partial charge is 0.294 e.